The molecule has 2 aromatic rings. The van der Waals surface area contributed by atoms with E-state index >= 15 is 0 Å². The van der Waals surface area contributed by atoms with Gasteiger partial charge in [-0.3, -0.25) is 4.79 Å². The van der Waals surface area contributed by atoms with Crippen LogP contribution in [0.2, 0.25) is 0 Å². The number of hydrogen-bond acceptors (Lipinski definition) is 4. The Labute approximate surface area is 121 Å². The number of aromatic nitrogens is 1. The molecule has 0 aliphatic carbocycles. The van der Waals surface area contributed by atoms with E-state index in [1.807, 2.05) is 23.7 Å². The van der Waals surface area contributed by atoms with Crippen LogP contribution in [-0.2, 0) is 4.79 Å². The maximum Gasteiger partial charge on any atom is 0.229 e. The molecule has 2 bridgehead atoms. The van der Waals surface area contributed by atoms with Crippen LogP contribution in [0.25, 0.3) is 10.2 Å². The number of nitrogens with one attached hydrogen (secondary N) is 1. The molecule has 3 saturated heterocycles. The van der Waals surface area contributed by atoms with Crippen LogP contribution in [0.15, 0.2) is 23.7 Å². The third-order valence-corrected chi connectivity index (χ3v) is 5.40. The number of amides is 1. The lowest BCUT2D eigenvalue weighted by molar-refractivity contribution is -0.125. The first kappa shape index (κ1) is 12.3. The molecule has 1 aromatic heterocycles. The number of thiazole rings is 1. The van der Waals surface area contributed by atoms with E-state index in [0.717, 1.165) is 22.4 Å². The number of fused-ring (bicyclic) bond motifs is 4. The van der Waals surface area contributed by atoms with Crippen LogP contribution in [0, 0.1) is 11.8 Å². The van der Waals surface area contributed by atoms with Gasteiger partial charge in [0.05, 0.1) is 21.6 Å². The summed E-state index contributed by atoms with van der Waals surface area (Å²) in [4.78, 5) is 19.2. The van der Waals surface area contributed by atoms with Crippen molar-refractivity contribution in [1.82, 2.24) is 9.88 Å². The van der Waals surface area contributed by atoms with E-state index in [9.17, 15) is 4.79 Å². The summed E-state index contributed by atoms with van der Waals surface area (Å²) in [5.74, 6) is 0.903. The molecule has 3 fully saturated rings. The van der Waals surface area contributed by atoms with E-state index in [0.29, 0.717) is 5.92 Å². The molecule has 1 amide bonds. The number of piperidine rings is 3. The van der Waals surface area contributed by atoms with Crippen molar-refractivity contribution in [3.8, 4) is 0 Å². The summed E-state index contributed by atoms with van der Waals surface area (Å²) in [6.45, 7) is 3.26. The molecule has 1 unspecified atom stereocenters. The van der Waals surface area contributed by atoms with Crippen molar-refractivity contribution in [3.63, 3.8) is 0 Å². The average molecular weight is 287 g/mol. The predicted molar refractivity (Wildman–Crippen MR) is 80.9 cm³/mol. The largest absolute Gasteiger partial charge is 0.326 e. The summed E-state index contributed by atoms with van der Waals surface area (Å²) in [7, 11) is 0. The quantitative estimate of drug-likeness (QED) is 0.923. The molecule has 4 nitrogen and oxygen atoms in total. The molecule has 1 atom stereocenters. The summed E-state index contributed by atoms with van der Waals surface area (Å²) < 4.78 is 1.16. The van der Waals surface area contributed by atoms with E-state index in [-0.39, 0.29) is 11.8 Å². The maximum absolute atomic E-state index is 12.5. The van der Waals surface area contributed by atoms with Gasteiger partial charge in [-0.1, -0.05) is 0 Å². The molecule has 5 heteroatoms. The number of carbonyl (C=O) groups excluding carboxylic acids is 1. The molecule has 0 saturated carbocycles. The van der Waals surface area contributed by atoms with Gasteiger partial charge in [0.25, 0.3) is 0 Å². The summed E-state index contributed by atoms with van der Waals surface area (Å²) in [5, 5.41) is 3.08. The third-order valence-electron chi connectivity index (χ3n) is 4.59. The molecule has 3 aliphatic rings. The first-order chi connectivity index (χ1) is 9.79. The Bertz CT molecular complexity index is 645. The SMILES string of the molecule is O=C(Nc1ccc2scnc2c1)C1CN2CCC1CC2. The lowest BCUT2D eigenvalue weighted by atomic mass is 9.78. The molecule has 5 rings (SSSR count). The maximum atomic E-state index is 12.5. The molecule has 0 spiro atoms. The van der Waals surface area contributed by atoms with Crippen molar-refractivity contribution >= 4 is 33.1 Å². The van der Waals surface area contributed by atoms with Gasteiger partial charge in [0.15, 0.2) is 0 Å². The zero-order valence-corrected chi connectivity index (χ0v) is 12.0. The van der Waals surface area contributed by atoms with Gasteiger partial charge in [-0.15, -0.1) is 11.3 Å². The Balaban J connectivity index is 1.51. The molecule has 1 aromatic carbocycles. The van der Waals surface area contributed by atoms with E-state index in [2.05, 4.69) is 15.2 Å². The van der Waals surface area contributed by atoms with Gasteiger partial charge in [-0.05, 0) is 50.0 Å². The Morgan fingerprint density at radius 3 is 2.95 bits per heavy atom. The highest BCUT2D eigenvalue weighted by Crippen LogP contribution is 2.33. The molecule has 104 valence electrons. The lowest BCUT2D eigenvalue weighted by Gasteiger charge is -2.43. The number of carbonyl (C=O) groups is 1. The minimum Gasteiger partial charge on any atom is -0.326 e. The second kappa shape index (κ2) is 4.82. The van der Waals surface area contributed by atoms with Gasteiger partial charge >= 0.3 is 0 Å². The highest BCUT2D eigenvalue weighted by molar-refractivity contribution is 7.16. The van der Waals surface area contributed by atoms with E-state index < -0.39 is 0 Å². The molecule has 20 heavy (non-hydrogen) atoms. The third kappa shape index (κ3) is 2.11. The normalized spacial score (nSPS) is 28.7. The minimum atomic E-state index is 0.156. The van der Waals surface area contributed by atoms with Crippen molar-refractivity contribution in [2.45, 2.75) is 12.8 Å². The molecule has 4 heterocycles. The van der Waals surface area contributed by atoms with E-state index in [4.69, 9.17) is 0 Å². The topological polar surface area (TPSA) is 45.2 Å². The summed E-state index contributed by atoms with van der Waals surface area (Å²) in [6, 6.07) is 5.96. The summed E-state index contributed by atoms with van der Waals surface area (Å²) in [5.41, 5.74) is 3.66. The van der Waals surface area contributed by atoms with Crippen LogP contribution in [0.4, 0.5) is 5.69 Å². The zero-order valence-electron chi connectivity index (χ0n) is 11.2. The van der Waals surface area contributed by atoms with Gasteiger partial charge in [0, 0.05) is 12.2 Å². The van der Waals surface area contributed by atoms with Gasteiger partial charge in [0.1, 0.15) is 0 Å². The predicted octanol–water partition coefficient (Wildman–Crippen LogP) is 2.58. The Morgan fingerprint density at radius 2 is 2.20 bits per heavy atom. The van der Waals surface area contributed by atoms with Crippen molar-refractivity contribution in [3.05, 3.63) is 23.7 Å². The Hall–Kier alpha value is -1.46. The van der Waals surface area contributed by atoms with Crippen molar-refractivity contribution in [2.24, 2.45) is 11.8 Å². The van der Waals surface area contributed by atoms with Crippen LogP contribution in [0.1, 0.15) is 12.8 Å². The molecular formula is C15H17N3OS. The fraction of sp³-hybridized carbons (Fsp3) is 0.467. The standard InChI is InChI=1S/C15H17N3OS/c19-15(12-8-18-5-3-10(12)4-6-18)17-11-1-2-14-13(7-11)16-9-20-14/h1-2,7,9-10,12H,3-6,8H2,(H,17,19). The smallest absolute Gasteiger partial charge is 0.229 e. The van der Waals surface area contributed by atoms with Crippen molar-refractivity contribution in [2.75, 3.05) is 25.0 Å². The van der Waals surface area contributed by atoms with Crippen molar-refractivity contribution in [1.29, 1.82) is 0 Å². The summed E-state index contributed by atoms with van der Waals surface area (Å²) in [6.07, 6.45) is 2.34. The highest BCUT2D eigenvalue weighted by Gasteiger charge is 2.38. The van der Waals surface area contributed by atoms with Gasteiger partial charge in [-0.25, -0.2) is 4.98 Å². The fourth-order valence-corrected chi connectivity index (χ4v) is 4.09. The molecule has 3 aliphatic heterocycles. The number of hydrogen-bond donors (Lipinski definition) is 1. The lowest BCUT2D eigenvalue weighted by Crippen LogP contribution is -2.51. The minimum absolute atomic E-state index is 0.156. The first-order valence-corrected chi connectivity index (χ1v) is 8.04. The van der Waals surface area contributed by atoms with Gasteiger partial charge in [0.2, 0.25) is 5.91 Å². The Kier molecular flexibility index (Phi) is 2.97. The number of nitrogens with zero attached hydrogens (tertiary/aromatic N) is 2. The zero-order chi connectivity index (χ0) is 13.5. The number of benzene rings is 1. The van der Waals surface area contributed by atoms with E-state index in [1.54, 1.807) is 11.3 Å². The summed E-state index contributed by atoms with van der Waals surface area (Å²) >= 11 is 1.62. The van der Waals surface area contributed by atoms with Crippen molar-refractivity contribution < 1.29 is 4.79 Å². The number of rotatable bonds is 2. The Morgan fingerprint density at radius 1 is 1.35 bits per heavy atom. The second-order valence-electron chi connectivity index (χ2n) is 5.77. The van der Waals surface area contributed by atoms with Crippen LogP contribution < -0.4 is 5.32 Å². The van der Waals surface area contributed by atoms with E-state index in [1.165, 1.54) is 25.9 Å². The average Bonchev–Trinajstić information content (AvgIpc) is 2.96. The first-order valence-electron chi connectivity index (χ1n) is 7.16. The van der Waals surface area contributed by atoms with Crippen LogP contribution in [0.3, 0.4) is 0 Å². The monoisotopic (exact) mass is 287 g/mol. The van der Waals surface area contributed by atoms with Gasteiger partial charge < -0.3 is 10.2 Å². The fourth-order valence-electron chi connectivity index (χ4n) is 3.43. The molecule has 0 radical (unpaired) electrons. The van der Waals surface area contributed by atoms with Crippen LogP contribution in [-0.4, -0.2) is 35.4 Å². The highest BCUT2D eigenvalue weighted by atomic mass is 32.1. The molecule has 1 N–H and O–H groups in total. The van der Waals surface area contributed by atoms with Gasteiger partial charge in [-0.2, -0.15) is 0 Å². The van der Waals surface area contributed by atoms with Crippen LogP contribution >= 0.6 is 11.3 Å². The molecular weight excluding hydrogens is 270 g/mol. The number of anilines is 1. The van der Waals surface area contributed by atoms with Crippen LogP contribution in [0.5, 0.6) is 0 Å². The second-order valence-corrected chi connectivity index (χ2v) is 6.65.